The van der Waals surface area contributed by atoms with Crippen LogP contribution in [-0.2, 0) is 31.3 Å². The summed E-state index contributed by atoms with van der Waals surface area (Å²) < 4.78 is 22.5. The zero-order valence-corrected chi connectivity index (χ0v) is 25.1. The third-order valence-electron chi connectivity index (χ3n) is 7.00. The van der Waals surface area contributed by atoms with Gasteiger partial charge in [0, 0.05) is 41.3 Å². The molecule has 0 bridgehead atoms. The van der Waals surface area contributed by atoms with Crippen molar-refractivity contribution in [2.75, 3.05) is 6.66 Å². The summed E-state index contributed by atoms with van der Waals surface area (Å²) in [6, 6.07) is 38.8. The van der Waals surface area contributed by atoms with E-state index in [4.69, 9.17) is 14.0 Å². The van der Waals surface area contributed by atoms with Gasteiger partial charge >= 0.3 is 33.9 Å². The minimum atomic E-state index is -2.12. The number of fused-ring (bicyclic) bond motifs is 1. The summed E-state index contributed by atoms with van der Waals surface area (Å²) in [4.78, 5) is 28.3. The van der Waals surface area contributed by atoms with Gasteiger partial charge in [0.2, 0.25) is 0 Å². The Morgan fingerprint density at radius 1 is 0.535 bits per heavy atom. The van der Waals surface area contributed by atoms with Gasteiger partial charge in [0.25, 0.3) is 11.8 Å². The molecule has 4 aromatic rings. The minimum absolute atomic E-state index is 0. The zero-order valence-electron chi connectivity index (χ0n) is 23.0. The molecule has 8 heteroatoms. The summed E-state index contributed by atoms with van der Waals surface area (Å²) >= 11 is 0. The Morgan fingerprint density at radius 3 is 1.23 bits per heavy atom. The molecule has 2 aliphatic heterocycles. The molecule has 0 spiro atoms. The molecule has 0 N–H and O–H groups in total. The first-order valence-electron chi connectivity index (χ1n) is 12.5. The fourth-order valence-electron chi connectivity index (χ4n) is 5.17. The number of hydrogen-bond donors (Lipinski definition) is 0. The van der Waals surface area contributed by atoms with Crippen molar-refractivity contribution in [2.24, 2.45) is 0 Å². The molecule has 4 aromatic carbocycles. The van der Waals surface area contributed by atoms with Crippen LogP contribution in [0, 0.1) is 50.2 Å². The van der Waals surface area contributed by atoms with Gasteiger partial charge in [-0.25, -0.2) is 0 Å². The molecule has 6 nitrogen and oxygen atoms in total. The number of imide groups is 1. The Balaban J connectivity index is 0.000000870. The third kappa shape index (κ3) is 6.90. The second-order valence-electron chi connectivity index (χ2n) is 9.05. The molecular weight excluding hydrogens is 597 g/mol. The SMILES string of the molecule is C[P+]1(c2ccccc2)[C](c2ccccc2)[CH][C](N2C(=O)c3ccccc3C2=O)[CH][C]1c1ccccc1.[C-]#[O+].[C-]#[O+].[C-]#[O+].[Cr]. The summed E-state index contributed by atoms with van der Waals surface area (Å²) in [5, 5.41) is 1.25. The molecule has 2 heterocycles. The number of amides is 2. The quantitative estimate of drug-likeness (QED) is 0.116. The number of rotatable bonds is 4. The van der Waals surface area contributed by atoms with Crippen molar-refractivity contribution in [3.8, 4) is 0 Å². The van der Waals surface area contributed by atoms with Crippen LogP contribution in [0.15, 0.2) is 115 Å². The molecule has 1 fully saturated rings. The van der Waals surface area contributed by atoms with E-state index >= 15 is 0 Å². The molecule has 2 amide bonds. The first kappa shape index (κ1) is 35.4. The monoisotopic (exact) mass is 621 g/mol. The maximum atomic E-state index is 13.5. The normalized spacial score (nSPS) is 15.6. The van der Waals surface area contributed by atoms with Gasteiger partial charge in [-0.2, -0.15) is 0 Å². The van der Waals surface area contributed by atoms with Gasteiger partial charge in [-0.3, -0.25) is 14.5 Å². The molecule has 2 aliphatic rings. The van der Waals surface area contributed by atoms with E-state index in [0.29, 0.717) is 17.2 Å². The van der Waals surface area contributed by atoms with Crippen LogP contribution in [0.3, 0.4) is 0 Å². The minimum Gasteiger partial charge on any atom is 0 e. The van der Waals surface area contributed by atoms with Crippen LogP contribution in [0.25, 0.3) is 0 Å². The number of hydrogen-bond acceptors (Lipinski definition) is 2. The molecule has 1 saturated heterocycles. The van der Waals surface area contributed by atoms with Crippen LogP contribution in [0.2, 0.25) is 0 Å². The second kappa shape index (κ2) is 16.7. The summed E-state index contributed by atoms with van der Waals surface area (Å²) in [5.41, 5.74) is 5.36. The van der Waals surface area contributed by atoms with Gasteiger partial charge in [-0.05, 0) is 24.3 Å². The number of carbonyl (C=O) groups excluding carboxylic acids is 2. The topological polar surface area (TPSA) is 97.1 Å². The molecular formula is C35H24CrNO5P+. The van der Waals surface area contributed by atoms with Crippen molar-refractivity contribution in [3.63, 3.8) is 0 Å². The van der Waals surface area contributed by atoms with Crippen LogP contribution in [0.1, 0.15) is 31.8 Å². The number of carbonyl (C=O) groups is 2. The molecule has 5 radical (unpaired) electrons. The third-order valence-corrected chi connectivity index (χ3v) is 11.0. The van der Waals surface area contributed by atoms with E-state index in [1.54, 1.807) is 24.3 Å². The molecule has 0 atom stereocenters. The fourth-order valence-corrected chi connectivity index (χ4v) is 8.86. The van der Waals surface area contributed by atoms with Crippen molar-refractivity contribution < 1.29 is 40.9 Å². The zero-order chi connectivity index (χ0) is 30.7. The predicted octanol–water partition coefficient (Wildman–Crippen LogP) is 6.26. The van der Waals surface area contributed by atoms with E-state index in [1.165, 1.54) is 10.2 Å². The van der Waals surface area contributed by atoms with Gasteiger partial charge in [-0.15, -0.1) is 0 Å². The van der Waals surface area contributed by atoms with Crippen LogP contribution < -0.4 is 5.30 Å². The molecule has 6 rings (SSSR count). The summed E-state index contributed by atoms with van der Waals surface area (Å²) in [6.07, 6.45) is 4.12. The van der Waals surface area contributed by atoms with Crippen molar-refractivity contribution in [3.05, 3.63) is 188 Å². The van der Waals surface area contributed by atoms with Crippen molar-refractivity contribution in [1.29, 1.82) is 0 Å². The number of benzene rings is 4. The second-order valence-corrected chi connectivity index (χ2v) is 12.5. The predicted molar refractivity (Wildman–Crippen MR) is 157 cm³/mol. The van der Waals surface area contributed by atoms with E-state index in [-0.39, 0.29) is 29.2 Å². The van der Waals surface area contributed by atoms with Gasteiger partial charge < -0.3 is 0 Å². The summed E-state index contributed by atoms with van der Waals surface area (Å²) in [5.74, 6) is -0.556. The van der Waals surface area contributed by atoms with E-state index in [0.717, 1.165) is 22.4 Å². The van der Waals surface area contributed by atoms with Crippen LogP contribution in [-0.4, -0.2) is 23.4 Å². The van der Waals surface area contributed by atoms with Crippen molar-refractivity contribution in [2.45, 2.75) is 0 Å². The van der Waals surface area contributed by atoms with E-state index in [2.05, 4.69) is 88.0 Å². The Kier molecular flexibility index (Phi) is 13.8. The molecule has 0 saturated carbocycles. The average Bonchev–Trinajstić information content (AvgIpc) is 3.34. The van der Waals surface area contributed by atoms with Crippen molar-refractivity contribution >= 4 is 24.4 Å². The summed E-state index contributed by atoms with van der Waals surface area (Å²) in [6.45, 7) is 15.8. The fraction of sp³-hybridized carbons (Fsp3) is 0.0286. The molecule has 0 unspecified atom stereocenters. The van der Waals surface area contributed by atoms with Crippen LogP contribution >= 0.6 is 7.26 Å². The average molecular weight is 622 g/mol. The van der Waals surface area contributed by atoms with Gasteiger partial charge in [0.05, 0.1) is 36.4 Å². The maximum Gasteiger partial charge on any atom is 0 e. The molecule has 209 valence electrons. The Hall–Kier alpha value is -3.80. The first-order chi connectivity index (χ1) is 20.6. The maximum absolute atomic E-state index is 13.5. The van der Waals surface area contributed by atoms with E-state index < -0.39 is 7.26 Å². The molecule has 0 aliphatic carbocycles. The van der Waals surface area contributed by atoms with Crippen LogP contribution in [0.4, 0.5) is 0 Å². The smallest absolute Gasteiger partial charge is 0 e. The van der Waals surface area contributed by atoms with Crippen LogP contribution in [0.5, 0.6) is 0 Å². The Morgan fingerprint density at radius 2 is 0.860 bits per heavy atom. The van der Waals surface area contributed by atoms with Gasteiger partial charge in [-0.1, -0.05) is 91.0 Å². The van der Waals surface area contributed by atoms with Crippen molar-refractivity contribution in [1.82, 2.24) is 4.90 Å². The standard InChI is InChI=1S/C32H24NO2P.3CO.Cr/c1-36(26-17-9-4-10-18-26)29(23-13-5-2-6-14-23)21-25(22-30(36)24-15-7-3-8-16-24)33-31(34)27-19-11-12-20-28(27)32(33)35;3*1-2;/h2-22H,1H3;;;;/q+1;;;;. The van der Waals surface area contributed by atoms with Gasteiger partial charge in [0.15, 0.2) is 11.3 Å². The largest absolute Gasteiger partial charge is 0 e. The molecule has 43 heavy (non-hydrogen) atoms. The van der Waals surface area contributed by atoms with E-state index in [1.807, 2.05) is 42.5 Å². The van der Waals surface area contributed by atoms with Gasteiger partial charge in [0.1, 0.15) is 0 Å². The first-order valence-corrected chi connectivity index (χ1v) is 14.8. The molecule has 0 aromatic heterocycles. The summed E-state index contributed by atoms with van der Waals surface area (Å²) in [7, 11) is -2.12. The van der Waals surface area contributed by atoms with E-state index in [9.17, 15) is 9.59 Å². The Bertz CT molecular complexity index is 1460. The Labute approximate surface area is 263 Å². The number of nitrogens with zero attached hydrogens (tertiary/aromatic N) is 1.